The number of esters is 1. The van der Waals surface area contributed by atoms with Crippen molar-refractivity contribution in [1.29, 1.82) is 0 Å². The summed E-state index contributed by atoms with van der Waals surface area (Å²) in [5.74, 6) is -0.404. The number of methoxy groups -OCH3 is 2. The third kappa shape index (κ3) is 3.57. The van der Waals surface area contributed by atoms with Crippen molar-refractivity contribution in [2.75, 3.05) is 14.2 Å². The van der Waals surface area contributed by atoms with Gasteiger partial charge in [-0.2, -0.15) is 0 Å². The molecule has 0 saturated carbocycles. The van der Waals surface area contributed by atoms with Gasteiger partial charge in [-0.1, -0.05) is 0 Å². The zero-order chi connectivity index (χ0) is 11.4. The molecule has 0 spiro atoms. The standard InChI is InChI=1S/C9H10O5S.Na/c1-13-8-5-6(15(11)12)3-4-7(8)9(10)14-2;/h3-5H,1-2H3,(H,11,12);/q;+1/p-1. The molecule has 1 aromatic rings. The maximum atomic E-state index is 11.2. The van der Waals surface area contributed by atoms with Crippen LogP contribution in [0.25, 0.3) is 0 Å². The van der Waals surface area contributed by atoms with E-state index < -0.39 is 17.0 Å². The fourth-order valence-corrected chi connectivity index (χ4v) is 1.44. The summed E-state index contributed by atoms with van der Waals surface area (Å²) in [7, 11) is 2.58. The van der Waals surface area contributed by atoms with Crippen molar-refractivity contribution in [1.82, 2.24) is 0 Å². The van der Waals surface area contributed by atoms with Crippen LogP contribution >= 0.6 is 0 Å². The first kappa shape index (κ1) is 15.6. The number of hydrogen-bond donors (Lipinski definition) is 0. The fourth-order valence-electron chi connectivity index (χ4n) is 1.05. The van der Waals surface area contributed by atoms with E-state index in [0.717, 1.165) is 0 Å². The van der Waals surface area contributed by atoms with Crippen molar-refractivity contribution < 1.29 is 52.6 Å². The molecule has 7 heteroatoms. The van der Waals surface area contributed by atoms with Crippen LogP contribution in [0.3, 0.4) is 0 Å². The van der Waals surface area contributed by atoms with Gasteiger partial charge in [0.05, 0.1) is 14.2 Å². The van der Waals surface area contributed by atoms with Gasteiger partial charge in [-0.05, 0) is 29.3 Å². The number of benzene rings is 1. The van der Waals surface area contributed by atoms with E-state index in [9.17, 15) is 13.6 Å². The van der Waals surface area contributed by atoms with Gasteiger partial charge in [0.1, 0.15) is 11.3 Å². The first-order chi connectivity index (χ1) is 7.10. The van der Waals surface area contributed by atoms with Crippen LogP contribution in [0, 0.1) is 0 Å². The molecule has 1 rings (SSSR count). The zero-order valence-electron chi connectivity index (χ0n) is 9.18. The van der Waals surface area contributed by atoms with Gasteiger partial charge in [0.15, 0.2) is 0 Å². The molecule has 5 nitrogen and oxygen atoms in total. The molecule has 1 atom stereocenters. The maximum absolute atomic E-state index is 11.2. The average molecular weight is 252 g/mol. The Morgan fingerprint density at radius 3 is 2.44 bits per heavy atom. The smallest absolute Gasteiger partial charge is 0.768 e. The molecule has 82 valence electrons. The molecular weight excluding hydrogens is 243 g/mol. The number of rotatable bonds is 3. The van der Waals surface area contributed by atoms with Crippen LogP contribution < -0.4 is 34.3 Å². The Hall–Kier alpha value is -0.400. The molecule has 0 amide bonds. The molecule has 0 saturated heterocycles. The van der Waals surface area contributed by atoms with Crippen molar-refractivity contribution in [2.24, 2.45) is 0 Å². The second-order valence-corrected chi connectivity index (χ2v) is 3.53. The van der Waals surface area contributed by atoms with Crippen LogP contribution in [0.2, 0.25) is 0 Å². The molecule has 1 aromatic carbocycles. The second-order valence-electron chi connectivity index (χ2n) is 2.59. The number of carbonyl (C=O) groups excluding carboxylic acids is 1. The van der Waals surface area contributed by atoms with E-state index in [1.54, 1.807) is 0 Å². The Bertz CT molecular complexity index is 407. The molecule has 0 aliphatic rings. The molecule has 0 aliphatic carbocycles. The Morgan fingerprint density at radius 2 is 2.00 bits per heavy atom. The van der Waals surface area contributed by atoms with Crippen molar-refractivity contribution in [2.45, 2.75) is 4.90 Å². The minimum absolute atomic E-state index is 0. The monoisotopic (exact) mass is 252 g/mol. The summed E-state index contributed by atoms with van der Waals surface area (Å²) in [4.78, 5) is 11.3. The van der Waals surface area contributed by atoms with Gasteiger partial charge in [-0.15, -0.1) is 0 Å². The van der Waals surface area contributed by atoms with Crippen molar-refractivity contribution in [3.05, 3.63) is 23.8 Å². The number of carbonyl (C=O) groups is 1. The molecule has 0 aromatic heterocycles. The van der Waals surface area contributed by atoms with Crippen molar-refractivity contribution >= 4 is 17.0 Å². The van der Waals surface area contributed by atoms with Gasteiger partial charge in [-0.3, -0.25) is 4.21 Å². The van der Waals surface area contributed by atoms with E-state index >= 15 is 0 Å². The van der Waals surface area contributed by atoms with Crippen LogP contribution in [0.4, 0.5) is 0 Å². The van der Waals surface area contributed by atoms with Crippen LogP contribution in [0.5, 0.6) is 5.75 Å². The summed E-state index contributed by atoms with van der Waals surface area (Å²) < 4.78 is 30.7. The first-order valence-electron chi connectivity index (χ1n) is 3.95. The van der Waals surface area contributed by atoms with Crippen molar-refractivity contribution in [3.8, 4) is 5.75 Å². The molecule has 16 heavy (non-hydrogen) atoms. The fraction of sp³-hybridized carbons (Fsp3) is 0.222. The minimum atomic E-state index is -2.35. The largest absolute Gasteiger partial charge is 1.00 e. The number of hydrogen-bond acceptors (Lipinski definition) is 5. The van der Waals surface area contributed by atoms with E-state index in [1.807, 2.05) is 0 Å². The summed E-state index contributed by atoms with van der Waals surface area (Å²) in [6, 6.07) is 3.91. The average Bonchev–Trinajstić information content (AvgIpc) is 2.27. The van der Waals surface area contributed by atoms with Gasteiger partial charge >= 0.3 is 35.5 Å². The molecule has 0 N–H and O–H groups in total. The normalized spacial score (nSPS) is 11.2. The topological polar surface area (TPSA) is 75.7 Å². The van der Waals surface area contributed by atoms with E-state index in [0.29, 0.717) is 0 Å². The van der Waals surface area contributed by atoms with Gasteiger partial charge in [-0.25, -0.2) is 4.79 Å². The third-order valence-corrected chi connectivity index (χ3v) is 2.41. The Balaban J connectivity index is 0.00000225. The van der Waals surface area contributed by atoms with Gasteiger partial charge in [0, 0.05) is 4.90 Å². The third-order valence-electron chi connectivity index (χ3n) is 1.77. The predicted octanol–water partition coefficient (Wildman–Crippen LogP) is -2.28. The van der Waals surface area contributed by atoms with Crippen molar-refractivity contribution in [3.63, 3.8) is 0 Å². The zero-order valence-corrected chi connectivity index (χ0v) is 12.0. The van der Waals surface area contributed by atoms with Gasteiger partial charge < -0.3 is 14.0 Å². The summed E-state index contributed by atoms with van der Waals surface area (Å²) in [6.45, 7) is 0. The molecule has 0 bridgehead atoms. The summed E-state index contributed by atoms with van der Waals surface area (Å²) in [6.07, 6.45) is 0. The Labute approximate surface area is 118 Å². The quantitative estimate of drug-likeness (QED) is 0.344. The summed E-state index contributed by atoms with van der Waals surface area (Å²) in [5.41, 5.74) is 0.189. The Kier molecular flexibility index (Phi) is 6.85. The van der Waals surface area contributed by atoms with Crippen LogP contribution in [-0.2, 0) is 15.8 Å². The van der Waals surface area contributed by atoms with Gasteiger partial charge in [0.2, 0.25) is 0 Å². The maximum Gasteiger partial charge on any atom is 1.00 e. The van der Waals surface area contributed by atoms with Crippen LogP contribution in [0.1, 0.15) is 10.4 Å². The summed E-state index contributed by atoms with van der Waals surface area (Å²) >= 11 is -2.35. The number of ether oxygens (including phenoxy) is 2. The van der Waals surface area contributed by atoms with E-state index in [-0.39, 0.29) is 45.8 Å². The van der Waals surface area contributed by atoms with E-state index in [1.165, 1.54) is 32.4 Å². The predicted molar refractivity (Wildman–Crippen MR) is 51.5 cm³/mol. The first-order valence-corrected chi connectivity index (χ1v) is 5.03. The molecular formula is C9H9NaO5S. The summed E-state index contributed by atoms with van der Waals surface area (Å²) in [5, 5.41) is 0. The molecule has 0 fully saturated rings. The van der Waals surface area contributed by atoms with Crippen LogP contribution in [-0.4, -0.2) is 29.0 Å². The Morgan fingerprint density at radius 1 is 1.38 bits per heavy atom. The van der Waals surface area contributed by atoms with E-state index in [2.05, 4.69) is 4.74 Å². The SMILES string of the molecule is COC(=O)c1ccc(S(=O)[O-])cc1OC.[Na+]. The minimum Gasteiger partial charge on any atom is -0.768 e. The second kappa shape index (κ2) is 7.03. The van der Waals surface area contributed by atoms with Gasteiger partial charge in [0.25, 0.3) is 0 Å². The van der Waals surface area contributed by atoms with Crippen LogP contribution in [0.15, 0.2) is 23.1 Å². The van der Waals surface area contributed by atoms with E-state index in [4.69, 9.17) is 4.74 Å². The molecule has 0 heterocycles. The molecule has 1 unspecified atom stereocenters. The molecule has 0 aliphatic heterocycles. The molecule has 0 radical (unpaired) electrons.